The molecule has 6 nitrogen and oxygen atoms in total. The molecule has 0 spiro atoms. The molecule has 1 rings (SSSR count). The van der Waals surface area contributed by atoms with Crippen LogP contribution in [0, 0.1) is 0 Å². The second-order valence-corrected chi connectivity index (χ2v) is 6.23. The third-order valence-electron chi connectivity index (χ3n) is 2.25. The third-order valence-corrected chi connectivity index (χ3v) is 4.02. The average Bonchev–Trinajstić information content (AvgIpc) is 2.27. The predicted molar refractivity (Wildman–Crippen MR) is 68.4 cm³/mol. The Kier molecular flexibility index (Phi) is 4.80. The van der Waals surface area contributed by atoms with E-state index in [0.717, 1.165) is 0 Å². The number of ether oxygens (including phenoxy) is 1. The van der Waals surface area contributed by atoms with E-state index in [-0.39, 0.29) is 18.0 Å². The molecule has 0 radical (unpaired) electrons. The smallest absolute Gasteiger partial charge is 0.242 e. The zero-order valence-electron chi connectivity index (χ0n) is 10.8. The summed E-state index contributed by atoms with van der Waals surface area (Å²) in [5, 5.41) is 0. The Hall–Kier alpha value is -1.02. The van der Waals surface area contributed by atoms with Crippen LogP contribution >= 0.6 is 0 Å². The van der Waals surface area contributed by atoms with Crippen LogP contribution in [0.1, 0.15) is 19.5 Å². The van der Waals surface area contributed by atoms with E-state index in [4.69, 9.17) is 10.5 Å². The van der Waals surface area contributed by atoms with E-state index in [1.54, 1.807) is 19.9 Å². The molecule has 18 heavy (non-hydrogen) atoms. The van der Waals surface area contributed by atoms with Crippen molar-refractivity contribution in [2.45, 2.75) is 30.8 Å². The number of hydrogen-bond donors (Lipinski definition) is 2. The van der Waals surface area contributed by atoms with E-state index in [1.807, 2.05) is 0 Å². The highest BCUT2D eigenvalue weighted by Gasteiger charge is 2.27. The summed E-state index contributed by atoms with van der Waals surface area (Å²) in [5.41, 5.74) is 5.14. The van der Waals surface area contributed by atoms with Gasteiger partial charge in [0.15, 0.2) is 0 Å². The van der Waals surface area contributed by atoms with Crippen LogP contribution in [-0.2, 0) is 21.3 Å². The van der Waals surface area contributed by atoms with Gasteiger partial charge in [0.25, 0.3) is 0 Å². The van der Waals surface area contributed by atoms with Crippen LogP contribution < -0.4 is 10.5 Å². The Morgan fingerprint density at radius 2 is 2.17 bits per heavy atom. The van der Waals surface area contributed by atoms with Gasteiger partial charge in [0, 0.05) is 19.9 Å². The van der Waals surface area contributed by atoms with E-state index >= 15 is 0 Å². The van der Waals surface area contributed by atoms with E-state index < -0.39 is 15.6 Å². The van der Waals surface area contributed by atoms with Gasteiger partial charge < -0.3 is 10.5 Å². The molecule has 0 atom stereocenters. The van der Waals surface area contributed by atoms with Crippen molar-refractivity contribution in [3.05, 3.63) is 24.0 Å². The molecule has 0 fully saturated rings. The lowest BCUT2D eigenvalue weighted by Gasteiger charge is -2.25. The van der Waals surface area contributed by atoms with Crippen molar-refractivity contribution in [1.29, 1.82) is 0 Å². The van der Waals surface area contributed by atoms with Gasteiger partial charge in [0.05, 0.1) is 17.8 Å². The number of nitrogens with two attached hydrogens (primary N) is 1. The molecule has 3 N–H and O–H groups in total. The number of nitrogens with zero attached hydrogens (tertiary/aromatic N) is 1. The van der Waals surface area contributed by atoms with E-state index in [9.17, 15) is 8.42 Å². The zero-order valence-corrected chi connectivity index (χ0v) is 11.6. The van der Waals surface area contributed by atoms with Crippen molar-refractivity contribution in [2.24, 2.45) is 5.73 Å². The predicted octanol–water partition coefficient (Wildman–Crippen LogP) is 0.244. The van der Waals surface area contributed by atoms with Crippen molar-refractivity contribution in [1.82, 2.24) is 9.71 Å². The fourth-order valence-electron chi connectivity index (χ4n) is 1.63. The first-order valence-electron chi connectivity index (χ1n) is 5.49. The molecule has 0 saturated carbocycles. The maximum Gasteiger partial charge on any atom is 0.242 e. The minimum atomic E-state index is -3.66. The van der Waals surface area contributed by atoms with Crippen molar-refractivity contribution >= 4 is 10.0 Å². The van der Waals surface area contributed by atoms with Gasteiger partial charge in [0.2, 0.25) is 10.0 Å². The standard InChI is InChI=1S/C11H19N3O3S/c1-11(2,8-17-3)14-18(15,16)10-5-4-6-13-9(10)7-12/h4-6,14H,7-8,12H2,1-3H3. The van der Waals surface area contributed by atoms with Gasteiger partial charge in [-0.05, 0) is 26.0 Å². The number of sulfonamides is 1. The largest absolute Gasteiger partial charge is 0.383 e. The van der Waals surface area contributed by atoms with Gasteiger partial charge in [-0.2, -0.15) is 0 Å². The van der Waals surface area contributed by atoms with Crippen LogP contribution in [0.5, 0.6) is 0 Å². The molecule has 0 bridgehead atoms. The van der Waals surface area contributed by atoms with Gasteiger partial charge in [-0.3, -0.25) is 4.98 Å². The molecule has 102 valence electrons. The summed E-state index contributed by atoms with van der Waals surface area (Å²) in [7, 11) is -2.14. The first-order valence-corrected chi connectivity index (χ1v) is 6.97. The Morgan fingerprint density at radius 1 is 1.50 bits per heavy atom. The molecule has 0 aromatic carbocycles. The summed E-state index contributed by atoms with van der Waals surface area (Å²) in [6.07, 6.45) is 1.52. The summed E-state index contributed by atoms with van der Waals surface area (Å²) in [6.45, 7) is 3.82. The highest BCUT2D eigenvalue weighted by molar-refractivity contribution is 7.89. The number of pyridine rings is 1. The quantitative estimate of drug-likeness (QED) is 0.774. The van der Waals surface area contributed by atoms with E-state index in [1.165, 1.54) is 19.4 Å². The number of rotatable bonds is 6. The van der Waals surface area contributed by atoms with E-state index in [0.29, 0.717) is 5.69 Å². The molecule has 1 heterocycles. The Labute approximate surface area is 108 Å². The summed E-state index contributed by atoms with van der Waals surface area (Å²) < 4.78 is 32.0. The number of nitrogens with one attached hydrogen (secondary N) is 1. The fourth-order valence-corrected chi connectivity index (χ4v) is 3.23. The molecule has 0 unspecified atom stereocenters. The summed E-state index contributed by atoms with van der Waals surface area (Å²) >= 11 is 0. The third kappa shape index (κ3) is 3.74. The van der Waals surface area contributed by atoms with Gasteiger partial charge in [-0.15, -0.1) is 0 Å². The summed E-state index contributed by atoms with van der Waals surface area (Å²) in [6, 6.07) is 3.05. The highest BCUT2D eigenvalue weighted by Crippen LogP contribution is 2.15. The van der Waals surface area contributed by atoms with Gasteiger partial charge >= 0.3 is 0 Å². The van der Waals surface area contributed by atoms with E-state index in [2.05, 4.69) is 9.71 Å². The topological polar surface area (TPSA) is 94.3 Å². The molecule has 0 aliphatic carbocycles. The van der Waals surface area contributed by atoms with Crippen molar-refractivity contribution in [3.8, 4) is 0 Å². The van der Waals surface area contributed by atoms with Gasteiger partial charge in [-0.1, -0.05) is 0 Å². The number of methoxy groups -OCH3 is 1. The second kappa shape index (κ2) is 5.75. The highest BCUT2D eigenvalue weighted by atomic mass is 32.2. The molecule has 0 saturated heterocycles. The molecule has 1 aromatic heterocycles. The van der Waals surface area contributed by atoms with Crippen LogP contribution in [0.25, 0.3) is 0 Å². The Bertz CT molecular complexity index is 500. The minimum Gasteiger partial charge on any atom is -0.383 e. The summed E-state index contributed by atoms with van der Waals surface area (Å²) in [5.74, 6) is 0. The molecule has 0 aliphatic rings. The van der Waals surface area contributed by atoms with Crippen LogP contribution in [0.2, 0.25) is 0 Å². The first-order chi connectivity index (χ1) is 8.32. The van der Waals surface area contributed by atoms with Crippen molar-refractivity contribution < 1.29 is 13.2 Å². The normalized spacial score (nSPS) is 12.7. The molecule has 0 amide bonds. The summed E-state index contributed by atoms with van der Waals surface area (Å²) in [4.78, 5) is 4.07. The SMILES string of the molecule is COCC(C)(C)NS(=O)(=O)c1cccnc1CN. The lowest BCUT2D eigenvalue weighted by atomic mass is 10.1. The van der Waals surface area contributed by atoms with Crippen LogP contribution in [0.3, 0.4) is 0 Å². The molecule has 0 aliphatic heterocycles. The van der Waals surface area contributed by atoms with Crippen molar-refractivity contribution in [3.63, 3.8) is 0 Å². The van der Waals surface area contributed by atoms with Crippen LogP contribution in [0.4, 0.5) is 0 Å². The lowest BCUT2D eigenvalue weighted by Crippen LogP contribution is -2.46. The molecular weight excluding hydrogens is 254 g/mol. The lowest BCUT2D eigenvalue weighted by molar-refractivity contribution is 0.141. The Balaban J connectivity index is 3.07. The van der Waals surface area contributed by atoms with Gasteiger partial charge in [0.1, 0.15) is 4.90 Å². The molecular formula is C11H19N3O3S. The van der Waals surface area contributed by atoms with Crippen LogP contribution in [0.15, 0.2) is 23.2 Å². The fraction of sp³-hybridized carbons (Fsp3) is 0.545. The minimum absolute atomic E-state index is 0.0712. The van der Waals surface area contributed by atoms with Crippen molar-refractivity contribution in [2.75, 3.05) is 13.7 Å². The van der Waals surface area contributed by atoms with Gasteiger partial charge in [-0.25, -0.2) is 13.1 Å². The number of hydrogen-bond acceptors (Lipinski definition) is 5. The number of aromatic nitrogens is 1. The maximum atomic E-state index is 12.2. The molecule has 7 heteroatoms. The molecule has 1 aromatic rings. The van der Waals surface area contributed by atoms with Crippen LogP contribution in [-0.4, -0.2) is 32.7 Å². The maximum absolute atomic E-state index is 12.2. The second-order valence-electron chi connectivity index (χ2n) is 4.57. The average molecular weight is 273 g/mol. The first kappa shape index (κ1) is 15.0. The monoisotopic (exact) mass is 273 g/mol. The Morgan fingerprint density at radius 3 is 2.72 bits per heavy atom. The zero-order chi connectivity index (χ0) is 13.8.